The lowest BCUT2D eigenvalue weighted by atomic mass is 10.2. The van der Waals surface area contributed by atoms with E-state index in [9.17, 15) is 0 Å². The SMILES string of the molecule is NCOc1c[nH]c2ccccc12. The second kappa shape index (κ2) is 2.87. The van der Waals surface area contributed by atoms with Crippen molar-refractivity contribution in [1.82, 2.24) is 4.98 Å². The molecule has 2 rings (SSSR count). The van der Waals surface area contributed by atoms with Crippen molar-refractivity contribution in [2.45, 2.75) is 0 Å². The first-order chi connectivity index (χ1) is 5.92. The van der Waals surface area contributed by atoms with Crippen molar-refractivity contribution < 1.29 is 4.74 Å². The Morgan fingerprint density at radius 2 is 2.17 bits per heavy atom. The van der Waals surface area contributed by atoms with Crippen LogP contribution in [0.5, 0.6) is 5.75 Å². The summed E-state index contributed by atoms with van der Waals surface area (Å²) in [7, 11) is 0. The first-order valence-electron chi connectivity index (χ1n) is 3.81. The monoisotopic (exact) mass is 162 g/mol. The normalized spacial score (nSPS) is 10.4. The first kappa shape index (κ1) is 7.18. The predicted molar refractivity (Wildman–Crippen MR) is 48.0 cm³/mol. The number of aromatic nitrogens is 1. The number of H-pyrrole nitrogens is 1. The van der Waals surface area contributed by atoms with E-state index in [1.807, 2.05) is 30.5 Å². The fraction of sp³-hybridized carbons (Fsp3) is 0.111. The van der Waals surface area contributed by atoms with E-state index in [1.165, 1.54) is 0 Å². The van der Waals surface area contributed by atoms with Gasteiger partial charge in [0.2, 0.25) is 0 Å². The number of nitrogens with one attached hydrogen (secondary N) is 1. The fourth-order valence-corrected chi connectivity index (χ4v) is 1.25. The minimum Gasteiger partial charge on any atom is -0.476 e. The highest BCUT2D eigenvalue weighted by Crippen LogP contribution is 2.24. The Balaban J connectivity index is 2.55. The van der Waals surface area contributed by atoms with E-state index >= 15 is 0 Å². The quantitative estimate of drug-likeness (QED) is 0.657. The largest absolute Gasteiger partial charge is 0.476 e. The highest BCUT2D eigenvalue weighted by Gasteiger charge is 2.01. The first-order valence-corrected chi connectivity index (χ1v) is 3.81. The van der Waals surface area contributed by atoms with Crippen LogP contribution in [0.1, 0.15) is 0 Å². The van der Waals surface area contributed by atoms with Gasteiger partial charge in [-0.2, -0.15) is 0 Å². The fourth-order valence-electron chi connectivity index (χ4n) is 1.25. The molecule has 12 heavy (non-hydrogen) atoms. The third-order valence-corrected chi connectivity index (χ3v) is 1.79. The Morgan fingerprint density at radius 3 is 3.00 bits per heavy atom. The van der Waals surface area contributed by atoms with Gasteiger partial charge in [-0.05, 0) is 12.1 Å². The lowest BCUT2D eigenvalue weighted by Crippen LogP contribution is -2.06. The number of benzene rings is 1. The average molecular weight is 162 g/mol. The maximum absolute atomic E-state index is 5.27. The minimum atomic E-state index is 0.210. The van der Waals surface area contributed by atoms with Gasteiger partial charge in [0.05, 0.1) is 0 Å². The number of hydrogen-bond donors (Lipinski definition) is 2. The minimum absolute atomic E-state index is 0.210. The third kappa shape index (κ3) is 1.04. The number of rotatable bonds is 2. The van der Waals surface area contributed by atoms with Gasteiger partial charge in [-0.25, -0.2) is 0 Å². The molecule has 0 aliphatic heterocycles. The van der Waals surface area contributed by atoms with E-state index in [4.69, 9.17) is 10.5 Å². The molecule has 3 heteroatoms. The lowest BCUT2D eigenvalue weighted by molar-refractivity contribution is 0.333. The summed E-state index contributed by atoms with van der Waals surface area (Å²) in [5.74, 6) is 0.813. The van der Waals surface area contributed by atoms with Gasteiger partial charge in [0.1, 0.15) is 12.5 Å². The summed E-state index contributed by atoms with van der Waals surface area (Å²) >= 11 is 0. The van der Waals surface area contributed by atoms with Gasteiger partial charge in [-0.1, -0.05) is 12.1 Å². The molecular weight excluding hydrogens is 152 g/mol. The molecule has 0 radical (unpaired) electrons. The summed E-state index contributed by atoms with van der Waals surface area (Å²) < 4.78 is 5.21. The van der Waals surface area contributed by atoms with E-state index in [2.05, 4.69) is 4.98 Å². The van der Waals surface area contributed by atoms with E-state index in [-0.39, 0.29) is 6.73 Å². The Kier molecular flexibility index (Phi) is 1.72. The van der Waals surface area contributed by atoms with Crippen molar-refractivity contribution in [2.24, 2.45) is 5.73 Å². The molecule has 1 aromatic heterocycles. The van der Waals surface area contributed by atoms with Gasteiger partial charge in [0.25, 0.3) is 0 Å². The number of hydrogen-bond acceptors (Lipinski definition) is 2. The molecule has 3 nitrogen and oxygen atoms in total. The van der Waals surface area contributed by atoms with Crippen molar-refractivity contribution in [3.8, 4) is 5.75 Å². The van der Waals surface area contributed by atoms with Crippen LogP contribution in [0.3, 0.4) is 0 Å². The Bertz CT molecular complexity index is 381. The molecule has 1 aromatic carbocycles. The molecule has 0 saturated heterocycles. The maximum atomic E-state index is 5.27. The van der Waals surface area contributed by atoms with Crippen LogP contribution in [0.25, 0.3) is 10.9 Å². The molecule has 0 aliphatic rings. The molecule has 0 bridgehead atoms. The van der Waals surface area contributed by atoms with Gasteiger partial charge in [-0.3, -0.25) is 5.73 Å². The van der Waals surface area contributed by atoms with Crippen molar-refractivity contribution >= 4 is 10.9 Å². The molecule has 0 atom stereocenters. The molecule has 0 aliphatic carbocycles. The zero-order valence-electron chi connectivity index (χ0n) is 6.58. The molecule has 0 amide bonds. The van der Waals surface area contributed by atoms with Crippen molar-refractivity contribution in [2.75, 3.05) is 6.73 Å². The molecular formula is C9H10N2O. The molecule has 3 N–H and O–H groups in total. The van der Waals surface area contributed by atoms with Crippen molar-refractivity contribution in [3.05, 3.63) is 30.5 Å². The molecule has 1 heterocycles. The summed E-state index contributed by atoms with van der Waals surface area (Å²) in [5.41, 5.74) is 6.34. The van der Waals surface area contributed by atoms with E-state index in [0.29, 0.717) is 0 Å². The van der Waals surface area contributed by atoms with Gasteiger partial charge in [0.15, 0.2) is 0 Å². The topological polar surface area (TPSA) is 51.0 Å². The van der Waals surface area contributed by atoms with Crippen LogP contribution < -0.4 is 10.5 Å². The summed E-state index contributed by atoms with van der Waals surface area (Å²) in [6.45, 7) is 0.210. The molecule has 62 valence electrons. The van der Waals surface area contributed by atoms with Gasteiger partial charge in [-0.15, -0.1) is 0 Å². The highest BCUT2D eigenvalue weighted by atomic mass is 16.5. The third-order valence-electron chi connectivity index (χ3n) is 1.79. The van der Waals surface area contributed by atoms with Crippen molar-refractivity contribution in [1.29, 1.82) is 0 Å². The smallest absolute Gasteiger partial charge is 0.146 e. The van der Waals surface area contributed by atoms with Crippen LogP contribution in [0.2, 0.25) is 0 Å². The zero-order chi connectivity index (χ0) is 8.39. The van der Waals surface area contributed by atoms with Gasteiger partial charge >= 0.3 is 0 Å². The molecule has 0 saturated carbocycles. The number of aromatic amines is 1. The number of fused-ring (bicyclic) bond motifs is 1. The summed E-state index contributed by atoms with van der Waals surface area (Å²) in [4.78, 5) is 3.09. The Hall–Kier alpha value is -1.48. The molecule has 0 unspecified atom stereocenters. The van der Waals surface area contributed by atoms with Gasteiger partial charge < -0.3 is 9.72 Å². The maximum Gasteiger partial charge on any atom is 0.146 e. The van der Waals surface area contributed by atoms with Crippen LogP contribution in [0, 0.1) is 0 Å². The van der Waals surface area contributed by atoms with Crippen LogP contribution in [-0.4, -0.2) is 11.7 Å². The summed E-state index contributed by atoms with van der Waals surface area (Å²) in [5, 5.41) is 1.07. The Labute approximate surface area is 70.1 Å². The molecule has 2 aromatic rings. The van der Waals surface area contributed by atoms with E-state index in [0.717, 1.165) is 16.7 Å². The van der Waals surface area contributed by atoms with E-state index < -0.39 is 0 Å². The zero-order valence-corrected chi connectivity index (χ0v) is 6.58. The Morgan fingerprint density at radius 1 is 1.33 bits per heavy atom. The highest BCUT2D eigenvalue weighted by molar-refractivity contribution is 5.85. The van der Waals surface area contributed by atoms with E-state index in [1.54, 1.807) is 0 Å². The summed E-state index contributed by atoms with van der Waals surface area (Å²) in [6, 6.07) is 7.94. The second-order valence-corrected chi connectivity index (χ2v) is 2.51. The number of nitrogens with two attached hydrogens (primary N) is 1. The van der Waals surface area contributed by atoms with Crippen LogP contribution >= 0.6 is 0 Å². The second-order valence-electron chi connectivity index (χ2n) is 2.51. The van der Waals surface area contributed by atoms with Crippen LogP contribution in [-0.2, 0) is 0 Å². The standard InChI is InChI=1S/C9H10N2O/c10-6-12-9-5-11-8-4-2-1-3-7(8)9/h1-5,11H,6,10H2. The lowest BCUT2D eigenvalue weighted by Gasteiger charge is -1.98. The summed E-state index contributed by atoms with van der Waals surface area (Å²) in [6.07, 6.45) is 1.82. The van der Waals surface area contributed by atoms with Crippen molar-refractivity contribution in [3.63, 3.8) is 0 Å². The molecule has 0 spiro atoms. The number of ether oxygens (including phenoxy) is 1. The van der Waals surface area contributed by atoms with Gasteiger partial charge in [0, 0.05) is 17.1 Å². The average Bonchev–Trinajstić information content (AvgIpc) is 2.50. The van der Waals surface area contributed by atoms with Crippen LogP contribution in [0.15, 0.2) is 30.5 Å². The number of para-hydroxylation sites is 1. The van der Waals surface area contributed by atoms with Crippen LogP contribution in [0.4, 0.5) is 0 Å². The predicted octanol–water partition coefficient (Wildman–Crippen LogP) is 1.46. The molecule has 0 fully saturated rings.